The first-order valence-electron chi connectivity index (χ1n) is 6.85. The maximum Gasteiger partial charge on any atom is 0.0335 e. The number of aryl methyl sites for hydroxylation is 4. The van der Waals surface area contributed by atoms with Gasteiger partial charge in [0.1, 0.15) is 0 Å². The average Bonchev–Trinajstić information content (AvgIpc) is 2.25. The fourth-order valence-electron chi connectivity index (χ4n) is 2.78. The molecular weight excluding hydrogens is 230 g/mol. The molecule has 1 heteroatoms. The molecule has 0 bridgehead atoms. The van der Waals surface area contributed by atoms with Crippen LogP contribution in [-0.4, -0.2) is 0 Å². The molecule has 0 aliphatic rings. The minimum atomic E-state index is 0.0693. The summed E-state index contributed by atoms with van der Waals surface area (Å²) < 4.78 is 0. The van der Waals surface area contributed by atoms with Gasteiger partial charge in [-0.25, -0.2) is 0 Å². The van der Waals surface area contributed by atoms with Crippen LogP contribution in [0.25, 0.3) is 0 Å². The van der Waals surface area contributed by atoms with Gasteiger partial charge in [-0.05, 0) is 45.2 Å². The molecular formula is C18H23N. The zero-order valence-corrected chi connectivity index (χ0v) is 12.3. The third-order valence-corrected chi connectivity index (χ3v) is 3.41. The van der Waals surface area contributed by atoms with Crippen LogP contribution in [0, 0.1) is 27.7 Å². The second-order valence-electron chi connectivity index (χ2n) is 5.73. The Morgan fingerprint density at radius 3 is 1.63 bits per heavy atom. The maximum atomic E-state index is 6.36. The van der Waals surface area contributed by atoms with Gasteiger partial charge in [0.2, 0.25) is 0 Å². The highest BCUT2D eigenvalue weighted by Crippen LogP contribution is 2.20. The van der Waals surface area contributed by atoms with Crippen molar-refractivity contribution >= 4 is 0 Å². The van der Waals surface area contributed by atoms with Crippen LogP contribution in [0.5, 0.6) is 0 Å². The Bertz CT molecular complexity index is 544. The largest absolute Gasteiger partial charge is 0.324 e. The van der Waals surface area contributed by atoms with Crippen molar-refractivity contribution in [3.8, 4) is 0 Å². The molecule has 0 saturated carbocycles. The number of nitrogens with two attached hydrogens (primary N) is 1. The van der Waals surface area contributed by atoms with Gasteiger partial charge in [0, 0.05) is 6.04 Å². The summed E-state index contributed by atoms with van der Waals surface area (Å²) in [6, 6.07) is 13.3. The van der Waals surface area contributed by atoms with E-state index in [1.54, 1.807) is 0 Å². The van der Waals surface area contributed by atoms with E-state index in [2.05, 4.69) is 64.1 Å². The summed E-state index contributed by atoms with van der Waals surface area (Å²) in [6.07, 6.45) is 0.894. The van der Waals surface area contributed by atoms with Crippen molar-refractivity contribution in [3.05, 3.63) is 69.8 Å². The maximum absolute atomic E-state index is 6.36. The lowest BCUT2D eigenvalue weighted by Gasteiger charge is -2.15. The number of hydrogen-bond acceptors (Lipinski definition) is 1. The summed E-state index contributed by atoms with van der Waals surface area (Å²) in [5.74, 6) is 0. The Kier molecular flexibility index (Phi) is 4.06. The molecule has 100 valence electrons. The van der Waals surface area contributed by atoms with Crippen LogP contribution >= 0.6 is 0 Å². The first kappa shape index (κ1) is 13.8. The van der Waals surface area contributed by atoms with E-state index in [0.29, 0.717) is 0 Å². The van der Waals surface area contributed by atoms with Crippen LogP contribution in [0.4, 0.5) is 0 Å². The summed E-state index contributed by atoms with van der Waals surface area (Å²) >= 11 is 0. The van der Waals surface area contributed by atoms with Crippen molar-refractivity contribution < 1.29 is 0 Å². The van der Waals surface area contributed by atoms with Crippen molar-refractivity contribution in [1.29, 1.82) is 0 Å². The fourth-order valence-corrected chi connectivity index (χ4v) is 2.78. The average molecular weight is 253 g/mol. The Morgan fingerprint density at radius 2 is 1.16 bits per heavy atom. The predicted octanol–water partition coefficient (Wildman–Crippen LogP) is 4.16. The van der Waals surface area contributed by atoms with Gasteiger partial charge in [-0.1, -0.05) is 58.7 Å². The Hall–Kier alpha value is -1.60. The third kappa shape index (κ3) is 3.68. The topological polar surface area (TPSA) is 26.0 Å². The summed E-state index contributed by atoms with van der Waals surface area (Å²) in [5.41, 5.74) is 14.1. The molecule has 2 aromatic rings. The predicted molar refractivity (Wildman–Crippen MR) is 82.5 cm³/mol. The number of benzene rings is 2. The second-order valence-corrected chi connectivity index (χ2v) is 5.73. The lowest BCUT2D eigenvalue weighted by Crippen LogP contribution is -2.14. The number of hydrogen-bond donors (Lipinski definition) is 1. The summed E-state index contributed by atoms with van der Waals surface area (Å²) in [7, 11) is 0. The highest BCUT2D eigenvalue weighted by Gasteiger charge is 2.09. The smallest absolute Gasteiger partial charge is 0.0335 e. The lowest BCUT2D eigenvalue weighted by molar-refractivity contribution is 0.719. The van der Waals surface area contributed by atoms with Crippen LogP contribution < -0.4 is 5.73 Å². The van der Waals surface area contributed by atoms with Crippen molar-refractivity contribution in [1.82, 2.24) is 0 Å². The van der Waals surface area contributed by atoms with E-state index in [1.165, 1.54) is 33.4 Å². The molecule has 0 aliphatic carbocycles. The minimum absolute atomic E-state index is 0.0693. The van der Waals surface area contributed by atoms with Gasteiger partial charge in [0.05, 0.1) is 0 Å². The normalized spacial score (nSPS) is 12.5. The second kappa shape index (κ2) is 5.58. The summed E-state index contributed by atoms with van der Waals surface area (Å²) in [5, 5.41) is 0. The summed E-state index contributed by atoms with van der Waals surface area (Å²) in [6.45, 7) is 8.53. The zero-order chi connectivity index (χ0) is 14.0. The first-order valence-corrected chi connectivity index (χ1v) is 6.85. The Balaban J connectivity index is 2.22. The van der Waals surface area contributed by atoms with Crippen LogP contribution in [0.1, 0.15) is 39.4 Å². The molecule has 0 radical (unpaired) electrons. The Labute approximate surface area is 116 Å². The number of rotatable bonds is 3. The van der Waals surface area contributed by atoms with Gasteiger partial charge in [-0.2, -0.15) is 0 Å². The van der Waals surface area contributed by atoms with E-state index in [1.807, 2.05) is 0 Å². The molecule has 0 heterocycles. The fraction of sp³-hybridized carbons (Fsp3) is 0.333. The van der Waals surface area contributed by atoms with Crippen molar-refractivity contribution in [2.75, 3.05) is 0 Å². The standard InChI is InChI=1S/C18H23N/c1-12-5-13(2)8-16(7-12)11-18(19)17-9-14(3)6-15(4)10-17/h5-10,18H,11,19H2,1-4H3/t18-/m0/s1. The van der Waals surface area contributed by atoms with Crippen molar-refractivity contribution in [2.24, 2.45) is 5.73 Å². The van der Waals surface area contributed by atoms with Gasteiger partial charge in [0.15, 0.2) is 0 Å². The molecule has 1 nitrogen and oxygen atoms in total. The molecule has 0 fully saturated rings. The molecule has 0 spiro atoms. The minimum Gasteiger partial charge on any atom is -0.324 e. The van der Waals surface area contributed by atoms with Crippen LogP contribution in [-0.2, 0) is 6.42 Å². The van der Waals surface area contributed by atoms with Gasteiger partial charge in [-0.3, -0.25) is 0 Å². The van der Waals surface area contributed by atoms with E-state index >= 15 is 0 Å². The van der Waals surface area contributed by atoms with Crippen LogP contribution in [0.2, 0.25) is 0 Å². The van der Waals surface area contributed by atoms with Crippen molar-refractivity contribution in [3.63, 3.8) is 0 Å². The lowest BCUT2D eigenvalue weighted by atomic mass is 9.95. The monoisotopic (exact) mass is 253 g/mol. The molecule has 2 aromatic carbocycles. The van der Waals surface area contributed by atoms with Crippen LogP contribution in [0.15, 0.2) is 36.4 Å². The van der Waals surface area contributed by atoms with Gasteiger partial charge in [-0.15, -0.1) is 0 Å². The molecule has 0 saturated heterocycles. The molecule has 0 amide bonds. The highest BCUT2D eigenvalue weighted by molar-refractivity contribution is 5.33. The van der Waals surface area contributed by atoms with E-state index in [4.69, 9.17) is 5.73 Å². The highest BCUT2D eigenvalue weighted by atomic mass is 14.6. The molecule has 0 aliphatic heterocycles. The molecule has 1 atom stereocenters. The van der Waals surface area contributed by atoms with Gasteiger partial charge in [0.25, 0.3) is 0 Å². The molecule has 0 unspecified atom stereocenters. The quantitative estimate of drug-likeness (QED) is 0.873. The molecule has 2 N–H and O–H groups in total. The SMILES string of the molecule is Cc1cc(C)cc(C[C@H](N)c2cc(C)cc(C)c2)c1. The van der Waals surface area contributed by atoms with E-state index in [9.17, 15) is 0 Å². The molecule has 19 heavy (non-hydrogen) atoms. The van der Waals surface area contributed by atoms with E-state index < -0.39 is 0 Å². The van der Waals surface area contributed by atoms with Gasteiger partial charge >= 0.3 is 0 Å². The zero-order valence-electron chi connectivity index (χ0n) is 12.3. The third-order valence-electron chi connectivity index (χ3n) is 3.41. The van der Waals surface area contributed by atoms with Crippen molar-refractivity contribution in [2.45, 2.75) is 40.2 Å². The van der Waals surface area contributed by atoms with E-state index in [-0.39, 0.29) is 6.04 Å². The molecule has 2 rings (SSSR count). The summed E-state index contributed by atoms with van der Waals surface area (Å²) in [4.78, 5) is 0. The first-order chi connectivity index (χ1) is 8.94. The van der Waals surface area contributed by atoms with Gasteiger partial charge < -0.3 is 5.73 Å². The van der Waals surface area contributed by atoms with Crippen LogP contribution in [0.3, 0.4) is 0 Å². The Morgan fingerprint density at radius 1 is 0.737 bits per heavy atom. The molecule has 0 aromatic heterocycles. The van der Waals surface area contributed by atoms with E-state index in [0.717, 1.165) is 6.42 Å².